The Labute approximate surface area is 210 Å². The van der Waals surface area contributed by atoms with Crippen LogP contribution in [0.2, 0.25) is 5.02 Å². The number of carbonyl (C=O) groups excluding carboxylic acids is 1. The van der Waals surface area contributed by atoms with Gasteiger partial charge < -0.3 is 5.32 Å². The van der Waals surface area contributed by atoms with Crippen LogP contribution in [0.4, 0.5) is 10.8 Å². The second-order valence-electron chi connectivity index (χ2n) is 9.15. The first-order valence-corrected chi connectivity index (χ1v) is 12.5. The molecule has 1 aliphatic rings. The molecular formula is C24H23ClN6O3S. The molecular weight excluding hydrogens is 488 g/mol. The number of aromatic nitrogens is 4. The number of thiophene rings is 1. The Morgan fingerprint density at radius 2 is 1.83 bits per heavy atom. The summed E-state index contributed by atoms with van der Waals surface area (Å²) in [6.07, 6.45) is 4.87. The van der Waals surface area contributed by atoms with Crippen molar-refractivity contribution >= 4 is 50.7 Å². The summed E-state index contributed by atoms with van der Waals surface area (Å²) in [6.45, 7) is 4.52. The molecule has 11 heteroatoms. The Morgan fingerprint density at radius 1 is 1.11 bits per heavy atom. The Bertz CT molecular complexity index is 1410. The van der Waals surface area contributed by atoms with E-state index in [1.165, 1.54) is 18.6 Å². The number of benzene rings is 1. The molecule has 0 aliphatic heterocycles. The maximum Gasteiger partial charge on any atom is 0.324 e. The molecule has 1 aromatic carbocycles. The monoisotopic (exact) mass is 510 g/mol. The zero-order valence-electron chi connectivity index (χ0n) is 19.1. The topological polar surface area (TPSA) is 116 Å². The van der Waals surface area contributed by atoms with E-state index in [1.807, 2.05) is 16.8 Å². The molecule has 2 unspecified atom stereocenters. The highest BCUT2D eigenvalue weighted by atomic mass is 35.5. The Kier molecular flexibility index (Phi) is 6.24. The summed E-state index contributed by atoms with van der Waals surface area (Å²) in [4.78, 5) is 33.2. The number of halogens is 1. The lowest BCUT2D eigenvalue weighted by Gasteiger charge is -2.31. The molecule has 4 aromatic rings. The fraction of sp³-hybridized carbons (Fsp3) is 0.333. The molecule has 5 rings (SSSR count). The van der Waals surface area contributed by atoms with Gasteiger partial charge in [0.25, 0.3) is 5.91 Å². The van der Waals surface area contributed by atoms with Crippen molar-refractivity contribution in [2.24, 2.45) is 11.8 Å². The van der Waals surface area contributed by atoms with Gasteiger partial charge >= 0.3 is 5.00 Å². The van der Waals surface area contributed by atoms with Crippen LogP contribution in [0.1, 0.15) is 48.8 Å². The molecule has 0 spiro atoms. The highest BCUT2D eigenvalue weighted by molar-refractivity contribution is 7.17. The van der Waals surface area contributed by atoms with E-state index in [2.05, 4.69) is 29.2 Å². The first kappa shape index (κ1) is 23.4. The van der Waals surface area contributed by atoms with Crippen molar-refractivity contribution in [2.45, 2.75) is 39.2 Å². The van der Waals surface area contributed by atoms with E-state index in [1.54, 1.807) is 18.3 Å². The zero-order valence-corrected chi connectivity index (χ0v) is 20.7. The number of carbonyl (C=O) groups is 1. The Balaban J connectivity index is 1.58. The minimum atomic E-state index is -0.515. The summed E-state index contributed by atoms with van der Waals surface area (Å²) in [5.74, 6) is 1.42. The van der Waals surface area contributed by atoms with E-state index in [-0.39, 0.29) is 15.9 Å². The molecule has 35 heavy (non-hydrogen) atoms. The standard InChI is InChI=1S/C24H23ClN6O3S/c1-13-9-14(2)11-17(10-13)30-23-18(12-26-30)22(27-21(28-23)15-3-5-16(25)6-4-15)29-24(32)19-7-8-20(35-19)31(33)34/h3-8,12-14,17H,9-11H2,1-2H3,(H,27,28,29,32). The van der Waals surface area contributed by atoms with Crippen molar-refractivity contribution in [3.8, 4) is 11.4 Å². The summed E-state index contributed by atoms with van der Waals surface area (Å²) in [6, 6.07) is 10.1. The van der Waals surface area contributed by atoms with Crippen LogP contribution >= 0.6 is 22.9 Å². The third-order valence-electron chi connectivity index (χ3n) is 6.28. The molecule has 1 fully saturated rings. The molecule has 0 radical (unpaired) electrons. The van der Waals surface area contributed by atoms with Gasteiger partial charge in [-0.2, -0.15) is 5.10 Å². The van der Waals surface area contributed by atoms with E-state index >= 15 is 0 Å². The van der Waals surface area contributed by atoms with Gasteiger partial charge in [0.1, 0.15) is 5.82 Å². The van der Waals surface area contributed by atoms with Gasteiger partial charge in [-0.3, -0.25) is 14.9 Å². The number of nitrogens with zero attached hydrogens (tertiary/aromatic N) is 5. The average Bonchev–Trinajstić information content (AvgIpc) is 3.47. The van der Waals surface area contributed by atoms with Gasteiger partial charge in [-0.1, -0.05) is 36.8 Å². The smallest absolute Gasteiger partial charge is 0.305 e. The van der Waals surface area contributed by atoms with Crippen molar-refractivity contribution in [1.29, 1.82) is 0 Å². The van der Waals surface area contributed by atoms with Crippen molar-refractivity contribution in [3.05, 3.63) is 62.6 Å². The van der Waals surface area contributed by atoms with E-state index < -0.39 is 10.8 Å². The SMILES string of the molecule is CC1CC(C)CC(n2ncc3c(NC(=O)c4ccc([N+](=O)[O-])s4)nc(-c4ccc(Cl)cc4)nc32)C1. The molecule has 1 aliphatic carbocycles. The normalized spacial score (nSPS) is 20.1. The van der Waals surface area contributed by atoms with Gasteiger partial charge in [0.2, 0.25) is 0 Å². The number of fused-ring (bicyclic) bond motifs is 1. The molecule has 3 heterocycles. The molecule has 9 nitrogen and oxygen atoms in total. The molecule has 180 valence electrons. The number of anilines is 1. The first-order valence-electron chi connectivity index (χ1n) is 11.3. The van der Waals surface area contributed by atoms with Crippen molar-refractivity contribution in [2.75, 3.05) is 5.32 Å². The highest BCUT2D eigenvalue weighted by Crippen LogP contribution is 2.38. The highest BCUT2D eigenvalue weighted by Gasteiger charge is 2.28. The predicted octanol–water partition coefficient (Wildman–Crippen LogP) is 6.37. The summed E-state index contributed by atoms with van der Waals surface area (Å²) < 4.78 is 1.95. The van der Waals surface area contributed by atoms with Crippen molar-refractivity contribution in [1.82, 2.24) is 19.7 Å². The van der Waals surface area contributed by atoms with Crippen LogP contribution < -0.4 is 5.32 Å². The number of hydrogen-bond donors (Lipinski definition) is 1. The second-order valence-corrected chi connectivity index (χ2v) is 10.6. The van der Waals surface area contributed by atoms with Crippen molar-refractivity contribution < 1.29 is 9.72 Å². The third-order valence-corrected chi connectivity index (χ3v) is 7.57. The minimum absolute atomic E-state index is 0.0989. The molecule has 3 aromatic heterocycles. The molecule has 0 bridgehead atoms. The summed E-state index contributed by atoms with van der Waals surface area (Å²) >= 11 is 6.88. The Morgan fingerprint density at radius 3 is 2.49 bits per heavy atom. The zero-order chi connectivity index (χ0) is 24.7. The maximum atomic E-state index is 13.0. The largest absolute Gasteiger partial charge is 0.324 e. The van der Waals surface area contributed by atoms with Crippen LogP contribution in [-0.4, -0.2) is 30.6 Å². The lowest BCUT2D eigenvalue weighted by atomic mass is 9.80. The van der Waals surface area contributed by atoms with Crippen LogP contribution in [0.15, 0.2) is 42.6 Å². The Hall–Kier alpha value is -3.37. The molecule has 0 saturated heterocycles. The number of nitro groups is 1. The van der Waals surface area contributed by atoms with Crippen LogP contribution in [-0.2, 0) is 0 Å². The minimum Gasteiger partial charge on any atom is -0.305 e. The van der Waals surface area contributed by atoms with Gasteiger partial charge in [0, 0.05) is 16.7 Å². The number of rotatable bonds is 5. The van der Waals surface area contributed by atoms with E-state index in [0.717, 1.165) is 29.7 Å². The number of hydrogen-bond acceptors (Lipinski definition) is 7. The van der Waals surface area contributed by atoms with Gasteiger partial charge in [-0.05, 0) is 61.4 Å². The van der Waals surface area contributed by atoms with Crippen molar-refractivity contribution in [3.63, 3.8) is 0 Å². The van der Waals surface area contributed by atoms with Gasteiger partial charge in [0.05, 0.1) is 27.4 Å². The average molecular weight is 511 g/mol. The summed E-state index contributed by atoms with van der Waals surface area (Å²) in [7, 11) is 0. The molecule has 2 atom stereocenters. The summed E-state index contributed by atoms with van der Waals surface area (Å²) in [5.41, 5.74) is 1.39. The second kappa shape index (κ2) is 9.35. The van der Waals surface area contributed by atoms with Gasteiger partial charge in [-0.25, -0.2) is 14.6 Å². The predicted molar refractivity (Wildman–Crippen MR) is 136 cm³/mol. The molecule has 1 saturated carbocycles. The van der Waals surface area contributed by atoms with Crippen LogP contribution in [0.3, 0.4) is 0 Å². The lowest BCUT2D eigenvalue weighted by Crippen LogP contribution is -2.23. The summed E-state index contributed by atoms with van der Waals surface area (Å²) in [5, 5.41) is 19.6. The quantitative estimate of drug-likeness (QED) is 0.246. The number of amides is 1. The van der Waals surface area contributed by atoms with E-state index in [4.69, 9.17) is 16.6 Å². The van der Waals surface area contributed by atoms with E-state index in [9.17, 15) is 14.9 Å². The lowest BCUT2D eigenvalue weighted by molar-refractivity contribution is -0.380. The first-order chi connectivity index (χ1) is 16.8. The van der Waals surface area contributed by atoms with Gasteiger partial charge in [-0.15, -0.1) is 0 Å². The third kappa shape index (κ3) is 4.76. The van der Waals surface area contributed by atoms with E-state index in [0.29, 0.717) is 39.5 Å². The van der Waals surface area contributed by atoms with Crippen LogP contribution in [0.5, 0.6) is 0 Å². The molecule has 1 N–H and O–H groups in total. The number of nitrogens with one attached hydrogen (secondary N) is 1. The molecule has 1 amide bonds. The van der Waals surface area contributed by atoms with Crippen LogP contribution in [0, 0.1) is 22.0 Å². The fourth-order valence-electron chi connectivity index (χ4n) is 4.84. The fourth-order valence-corrected chi connectivity index (χ4v) is 5.68. The van der Waals surface area contributed by atoms with Crippen LogP contribution in [0.25, 0.3) is 22.4 Å². The maximum absolute atomic E-state index is 13.0. The van der Waals surface area contributed by atoms with Gasteiger partial charge in [0.15, 0.2) is 11.5 Å².